The number of carboxylic acids is 1. The maximum absolute atomic E-state index is 10.8. The van der Waals surface area contributed by atoms with Gasteiger partial charge in [-0.1, -0.05) is 0 Å². The second-order valence-electron chi connectivity index (χ2n) is 3.43. The number of fused-ring (bicyclic) bond motifs is 1. The van der Waals surface area contributed by atoms with E-state index in [9.17, 15) is 4.79 Å². The fourth-order valence-corrected chi connectivity index (χ4v) is 1.60. The van der Waals surface area contributed by atoms with Crippen LogP contribution in [-0.4, -0.2) is 16.1 Å². The molecule has 0 saturated heterocycles. The molecule has 80 valence electrons. The Morgan fingerprint density at radius 1 is 1.56 bits per heavy atom. The van der Waals surface area contributed by atoms with Crippen molar-refractivity contribution >= 4 is 16.9 Å². The van der Waals surface area contributed by atoms with Crippen LogP contribution in [0, 0.1) is 11.3 Å². The van der Waals surface area contributed by atoms with Gasteiger partial charge in [-0.15, -0.1) is 0 Å². The molecule has 2 aromatic rings. The predicted molar refractivity (Wildman–Crippen MR) is 57.6 cm³/mol. The average molecular weight is 215 g/mol. The molecule has 2 rings (SSSR count). The molecular weight excluding hydrogens is 206 g/mol. The number of rotatable bonds is 2. The Morgan fingerprint density at radius 3 is 2.94 bits per heavy atom. The van der Waals surface area contributed by atoms with E-state index in [-0.39, 0.29) is 0 Å². The Labute approximate surface area is 91.1 Å². The van der Waals surface area contributed by atoms with Crippen LogP contribution in [0.2, 0.25) is 0 Å². The average Bonchev–Trinajstić information content (AvgIpc) is 2.70. The zero-order valence-electron chi connectivity index (χ0n) is 8.27. The summed E-state index contributed by atoms with van der Waals surface area (Å²) in [6.45, 7) is 0. The Kier molecular flexibility index (Phi) is 2.35. The summed E-state index contributed by atoms with van der Waals surface area (Å²) in [7, 11) is 0. The molecule has 0 radical (unpaired) electrons. The van der Waals surface area contributed by atoms with Crippen LogP contribution < -0.4 is 5.73 Å². The van der Waals surface area contributed by atoms with Crippen LogP contribution in [-0.2, 0) is 4.79 Å². The van der Waals surface area contributed by atoms with E-state index in [2.05, 4.69) is 4.98 Å². The van der Waals surface area contributed by atoms with E-state index in [4.69, 9.17) is 16.1 Å². The van der Waals surface area contributed by atoms with Crippen LogP contribution in [0.1, 0.15) is 17.2 Å². The molecule has 1 heterocycles. The number of aliphatic carboxylic acids is 1. The number of carboxylic acid groups (broad SMARTS) is 1. The molecule has 0 fully saturated rings. The van der Waals surface area contributed by atoms with Crippen LogP contribution in [0.25, 0.3) is 10.9 Å². The first-order valence-corrected chi connectivity index (χ1v) is 4.63. The number of nitriles is 1. The van der Waals surface area contributed by atoms with Gasteiger partial charge in [0, 0.05) is 22.7 Å². The number of hydrogen-bond donors (Lipinski definition) is 3. The summed E-state index contributed by atoms with van der Waals surface area (Å²) in [5.74, 6) is -1.09. The zero-order valence-corrected chi connectivity index (χ0v) is 8.27. The highest BCUT2D eigenvalue weighted by atomic mass is 16.4. The molecule has 16 heavy (non-hydrogen) atoms. The number of nitrogens with one attached hydrogen (secondary N) is 1. The largest absolute Gasteiger partial charge is 0.480 e. The predicted octanol–water partition coefficient (Wildman–Crippen LogP) is 1.12. The number of benzene rings is 1. The number of carbonyl (C=O) groups is 1. The van der Waals surface area contributed by atoms with Crippen LogP contribution in [0.15, 0.2) is 24.4 Å². The number of aromatic amines is 1. The van der Waals surface area contributed by atoms with E-state index >= 15 is 0 Å². The minimum absolute atomic E-state index is 0.478. The maximum Gasteiger partial charge on any atom is 0.325 e. The summed E-state index contributed by atoms with van der Waals surface area (Å²) in [5.41, 5.74) is 7.27. The highest BCUT2D eigenvalue weighted by Crippen LogP contribution is 2.24. The van der Waals surface area contributed by atoms with Gasteiger partial charge in [-0.3, -0.25) is 4.79 Å². The lowest BCUT2D eigenvalue weighted by Gasteiger charge is -2.04. The molecule has 1 unspecified atom stereocenters. The monoisotopic (exact) mass is 215 g/mol. The molecule has 0 aliphatic heterocycles. The van der Waals surface area contributed by atoms with E-state index < -0.39 is 12.0 Å². The van der Waals surface area contributed by atoms with E-state index in [1.165, 1.54) is 0 Å². The Morgan fingerprint density at radius 2 is 2.31 bits per heavy atom. The molecule has 0 aliphatic carbocycles. The molecule has 4 N–H and O–H groups in total. The molecule has 0 amide bonds. The zero-order chi connectivity index (χ0) is 11.7. The van der Waals surface area contributed by atoms with E-state index in [0.717, 1.165) is 5.52 Å². The Hall–Kier alpha value is -2.32. The number of H-pyrrole nitrogens is 1. The van der Waals surface area contributed by atoms with Crippen LogP contribution >= 0.6 is 0 Å². The second-order valence-corrected chi connectivity index (χ2v) is 3.43. The number of nitrogens with zero attached hydrogens (tertiary/aromatic N) is 1. The van der Waals surface area contributed by atoms with Gasteiger partial charge in [0.05, 0.1) is 11.6 Å². The number of aromatic nitrogens is 1. The van der Waals surface area contributed by atoms with E-state index in [1.54, 1.807) is 24.4 Å². The topological polar surface area (TPSA) is 103 Å². The maximum atomic E-state index is 10.8. The van der Waals surface area contributed by atoms with Gasteiger partial charge in [0.2, 0.25) is 0 Å². The lowest BCUT2D eigenvalue weighted by Crippen LogP contribution is -2.20. The number of nitrogens with two attached hydrogens (primary N) is 1. The van der Waals surface area contributed by atoms with Gasteiger partial charge in [0.1, 0.15) is 6.04 Å². The molecule has 0 spiro atoms. The third-order valence-electron chi connectivity index (χ3n) is 2.44. The van der Waals surface area contributed by atoms with Gasteiger partial charge < -0.3 is 15.8 Å². The lowest BCUT2D eigenvalue weighted by molar-refractivity contribution is -0.138. The van der Waals surface area contributed by atoms with Gasteiger partial charge in [-0.05, 0) is 18.2 Å². The van der Waals surface area contributed by atoms with Crippen molar-refractivity contribution in [1.82, 2.24) is 4.98 Å². The Bertz CT molecular complexity index is 595. The molecule has 5 heteroatoms. The van der Waals surface area contributed by atoms with Gasteiger partial charge in [0.25, 0.3) is 0 Å². The van der Waals surface area contributed by atoms with Crippen molar-refractivity contribution in [1.29, 1.82) is 5.26 Å². The second kappa shape index (κ2) is 3.68. The SMILES string of the molecule is N#Cc1ccc2[nH]cc(C(N)C(=O)O)c2c1. The first-order chi connectivity index (χ1) is 7.63. The molecule has 0 aliphatic rings. The fraction of sp³-hybridized carbons (Fsp3) is 0.0909. The highest BCUT2D eigenvalue weighted by molar-refractivity contribution is 5.89. The summed E-state index contributed by atoms with van der Waals surface area (Å²) in [6, 6.07) is 5.94. The summed E-state index contributed by atoms with van der Waals surface area (Å²) >= 11 is 0. The number of hydrogen-bond acceptors (Lipinski definition) is 3. The van der Waals surface area contributed by atoms with Crippen molar-refractivity contribution in [2.24, 2.45) is 5.73 Å². The molecule has 0 saturated carbocycles. The summed E-state index contributed by atoms with van der Waals surface area (Å²) in [5, 5.41) is 18.3. The molecule has 0 bridgehead atoms. The van der Waals surface area contributed by atoms with E-state index in [0.29, 0.717) is 16.5 Å². The van der Waals surface area contributed by atoms with Gasteiger partial charge in [0.15, 0.2) is 0 Å². The summed E-state index contributed by atoms with van der Waals surface area (Å²) in [4.78, 5) is 13.7. The Balaban J connectivity index is 2.63. The van der Waals surface area contributed by atoms with Crippen LogP contribution in [0.5, 0.6) is 0 Å². The van der Waals surface area contributed by atoms with Gasteiger partial charge in [-0.2, -0.15) is 5.26 Å². The smallest absolute Gasteiger partial charge is 0.325 e. The summed E-state index contributed by atoms with van der Waals surface area (Å²) in [6.07, 6.45) is 1.56. The van der Waals surface area contributed by atoms with Crippen LogP contribution in [0.4, 0.5) is 0 Å². The van der Waals surface area contributed by atoms with Gasteiger partial charge >= 0.3 is 5.97 Å². The molecule has 1 aromatic carbocycles. The fourth-order valence-electron chi connectivity index (χ4n) is 1.60. The van der Waals surface area contributed by atoms with Crippen molar-refractivity contribution in [3.8, 4) is 6.07 Å². The lowest BCUT2D eigenvalue weighted by atomic mass is 10.1. The highest BCUT2D eigenvalue weighted by Gasteiger charge is 2.18. The first kappa shape index (κ1) is 10.2. The molecular formula is C11H9N3O2. The first-order valence-electron chi connectivity index (χ1n) is 4.63. The normalized spacial score (nSPS) is 12.2. The third-order valence-corrected chi connectivity index (χ3v) is 2.44. The van der Waals surface area contributed by atoms with Crippen molar-refractivity contribution in [2.45, 2.75) is 6.04 Å². The molecule has 1 atom stereocenters. The van der Waals surface area contributed by atoms with E-state index in [1.807, 2.05) is 6.07 Å². The molecule has 5 nitrogen and oxygen atoms in total. The van der Waals surface area contributed by atoms with Crippen molar-refractivity contribution in [3.63, 3.8) is 0 Å². The standard InChI is InChI=1S/C11H9N3O2/c12-4-6-1-2-9-7(3-6)8(5-14-9)10(13)11(15)16/h1-3,5,10,14H,13H2,(H,15,16). The minimum Gasteiger partial charge on any atom is -0.480 e. The third kappa shape index (κ3) is 1.51. The quantitative estimate of drug-likeness (QED) is 0.698. The minimum atomic E-state index is -1.09. The van der Waals surface area contributed by atoms with Crippen molar-refractivity contribution in [3.05, 3.63) is 35.5 Å². The van der Waals surface area contributed by atoms with Crippen molar-refractivity contribution in [2.75, 3.05) is 0 Å². The van der Waals surface area contributed by atoms with Crippen molar-refractivity contribution < 1.29 is 9.90 Å². The van der Waals surface area contributed by atoms with Gasteiger partial charge in [-0.25, -0.2) is 0 Å². The van der Waals surface area contributed by atoms with Crippen LogP contribution in [0.3, 0.4) is 0 Å². The summed E-state index contributed by atoms with van der Waals surface area (Å²) < 4.78 is 0. The molecule has 1 aromatic heterocycles.